The lowest BCUT2D eigenvalue weighted by atomic mass is 9.99. The van der Waals surface area contributed by atoms with Gasteiger partial charge in [-0.1, -0.05) is 50.3 Å². The summed E-state index contributed by atoms with van der Waals surface area (Å²) in [5, 5.41) is 6.09. The lowest BCUT2D eigenvalue weighted by Crippen LogP contribution is -2.30. The number of aliphatic imine (C=N–C) groups is 1. The summed E-state index contributed by atoms with van der Waals surface area (Å²) in [5.74, 6) is 1.45. The molecule has 6 heteroatoms. The summed E-state index contributed by atoms with van der Waals surface area (Å²) in [5.41, 5.74) is 7.96. The van der Waals surface area contributed by atoms with Crippen molar-refractivity contribution in [1.82, 2.24) is 15.5 Å². The summed E-state index contributed by atoms with van der Waals surface area (Å²) in [7, 11) is 0. The van der Waals surface area contributed by atoms with Gasteiger partial charge >= 0.3 is 0 Å². The molecule has 0 unspecified atom stereocenters. The van der Waals surface area contributed by atoms with E-state index < -0.39 is 0 Å². The van der Waals surface area contributed by atoms with E-state index in [-0.39, 0.29) is 5.91 Å². The van der Waals surface area contributed by atoms with Gasteiger partial charge in [0, 0.05) is 44.5 Å². The molecule has 0 fully saturated rings. The number of nitrogens with one attached hydrogen (secondary N) is 2. The highest BCUT2D eigenvalue weighted by Crippen LogP contribution is 2.25. The van der Waals surface area contributed by atoms with Gasteiger partial charge in [0.05, 0.1) is 6.61 Å². The lowest BCUT2D eigenvalue weighted by molar-refractivity contribution is -0.117. The summed E-state index contributed by atoms with van der Waals surface area (Å²) in [6.45, 7) is 18.0. The molecule has 0 bridgehead atoms. The Hall–Kier alpha value is -3.38. The van der Waals surface area contributed by atoms with Crippen LogP contribution in [0.25, 0.3) is 0 Å². The zero-order valence-electron chi connectivity index (χ0n) is 23.1. The van der Waals surface area contributed by atoms with Crippen molar-refractivity contribution < 1.29 is 9.53 Å². The van der Waals surface area contributed by atoms with Gasteiger partial charge in [-0.2, -0.15) is 0 Å². The van der Waals surface area contributed by atoms with Gasteiger partial charge in [-0.3, -0.25) is 9.69 Å². The second-order valence-corrected chi connectivity index (χ2v) is 9.83. The number of rotatable bonds is 11. The van der Waals surface area contributed by atoms with Crippen molar-refractivity contribution in [2.75, 3.05) is 13.2 Å². The molecule has 0 aliphatic carbocycles. The van der Waals surface area contributed by atoms with Gasteiger partial charge < -0.3 is 15.4 Å². The summed E-state index contributed by atoms with van der Waals surface area (Å²) in [4.78, 5) is 18.1. The number of allylic oxidation sites excluding steroid dienone is 2. The SMILES string of the molecule is C=C(NCc1ccc(CN2CCc3cc(OCCCC)ccc3C2)cc1)/C(C)=C(\C)N=C(C)NC(C)=O. The van der Waals surface area contributed by atoms with E-state index in [0.717, 1.165) is 68.2 Å². The molecule has 2 N–H and O–H groups in total. The van der Waals surface area contributed by atoms with Crippen molar-refractivity contribution >= 4 is 11.7 Å². The second kappa shape index (κ2) is 13.8. The molecule has 0 atom stereocenters. The van der Waals surface area contributed by atoms with Crippen LogP contribution in [-0.2, 0) is 30.8 Å². The van der Waals surface area contributed by atoms with Crippen LogP contribution in [0.1, 0.15) is 69.7 Å². The third kappa shape index (κ3) is 8.90. The molecule has 198 valence electrons. The van der Waals surface area contributed by atoms with E-state index in [9.17, 15) is 4.79 Å². The first kappa shape index (κ1) is 28.2. The number of nitrogens with zero attached hydrogens (tertiary/aromatic N) is 2. The van der Waals surface area contributed by atoms with Gasteiger partial charge in [0.2, 0.25) is 5.91 Å². The summed E-state index contributed by atoms with van der Waals surface area (Å²) < 4.78 is 5.89. The minimum absolute atomic E-state index is 0.126. The molecule has 0 saturated carbocycles. The van der Waals surface area contributed by atoms with Crippen molar-refractivity contribution in [3.63, 3.8) is 0 Å². The van der Waals surface area contributed by atoms with Crippen LogP contribution in [0.4, 0.5) is 0 Å². The molecular formula is C31H42N4O2. The molecule has 2 aromatic rings. The molecule has 1 aliphatic rings. The fourth-order valence-electron chi connectivity index (χ4n) is 4.35. The average Bonchev–Trinajstić information content (AvgIpc) is 2.87. The van der Waals surface area contributed by atoms with Crippen LogP contribution in [-0.4, -0.2) is 29.8 Å². The summed E-state index contributed by atoms with van der Waals surface area (Å²) in [6.07, 6.45) is 3.31. The molecule has 2 aromatic carbocycles. The van der Waals surface area contributed by atoms with E-state index in [1.807, 2.05) is 13.8 Å². The van der Waals surface area contributed by atoms with Crippen LogP contribution in [0.2, 0.25) is 0 Å². The zero-order chi connectivity index (χ0) is 26.8. The number of ether oxygens (including phenoxy) is 1. The molecule has 3 rings (SSSR count). The number of amides is 1. The van der Waals surface area contributed by atoms with Crippen LogP contribution in [0, 0.1) is 0 Å². The Morgan fingerprint density at radius 1 is 1.05 bits per heavy atom. The van der Waals surface area contributed by atoms with E-state index in [4.69, 9.17) is 4.74 Å². The van der Waals surface area contributed by atoms with Crippen molar-refractivity contribution in [2.24, 2.45) is 4.99 Å². The lowest BCUT2D eigenvalue weighted by Gasteiger charge is -2.29. The maximum atomic E-state index is 11.2. The number of hydrogen-bond acceptors (Lipinski definition) is 5. The molecule has 0 saturated heterocycles. The normalized spacial score (nSPS) is 14.5. The number of benzene rings is 2. The Kier molecular flexibility index (Phi) is 10.5. The Balaban J connectivity index is 1.50. The molecule has 0 radical (unpaired) electrons. The first-order chi connectivity index (χ1) is 17.7. The van der Waals surface area contributed by atoms with Crippen LogP contribution < -0.4 is 15.4 Å². The average molecular weight is 503 g/mol. The van der Waals surface area contributed by atoms with Crippen molar-refractivity contribution in [2.45, 2.75) is 73.5 Å². The molecule has 1 amide bonds. The van der Waals surface area contributed by atoms with Gasteiger partial charge in [-0.25, -0.2) is 4.99 Å². The molecule has 6 nitrogen and oxygen atoms in total. The number of hydrogen-bond donors (Lipinski definition) is 2. The number of fused-ring (bicyclic) bond motifs is 1. The Bertz CT molecular complexity index is 1150. The fraction of sp³-hybridized carbons (Fsp3) is 0.419. The number of amidine groups is 1. The van der Waals surface area contributed by atoms with Gasteiger partial charge in [0.25, 0.3) is 0 Å². The Morgan fingerprint density at radius 2 is 1.78 bits per heavy atom. The Labute approximate surface area is 222 Å². The van der Waals surface area contributed by atoms with Gasteiger partial charge in [0.15, 0.2) is 0 Å². The van der Waals surface area contributed by atoms with Crippen LogP contribution in [0.15, 0.2) is 71.0 Å². The maximum Gasteiger partial charge on any atom is 0.222 e. The van der Waals surface area contributed by atoms with E-state index in [0.29, 0.717) is 12.4 Å². The first-order valence-corrected chi connectivity index (χ1v) is 13.2. The van der Waals surface area contributed by atoms with Crippen molar-refractivity contribution in [1.29, 1.82) is 0 Å². The smallest absolute Gasteiger partial charge is 0.222 e. The zero-order valence-corrected chi connectivity index (χ0v) is 23.1. The van der Waals surface area contributed by atoms with E-state index >= 15 is 0 Å². The fourth-order valence-corrected chi connectivity index (χ4v) is 4.35. The van der Waals surface area contributed by atoms with Gasteiger partial charge in [-0.05, 0) is 73.6 Å². The molecule has 0 spiro atoms. The van der Waals surface area contributed by atoms with Crippen LogP contribution >= 0.6 is 0 Å². The maximum absolute atomic E-state index is 11.2. The monoisotopic (exact) mass is 502 g/mol. The van der Waals surface area contributed by atoms with Gasteiger partial charge in [-0.15, -0.1) is 0 Å². The van der Waals surface area contributed by atoms with Crippen LogP contribution in [0.5, 0.6) is 5.75 Å². The van der Waals surface area contributed by atoms with E-state index in [1.54, 1.807) is 6.92 Å². The highest BCUT2D eigenvalue weighted by Gasteiger charge is 2.17. The standard InChI is InChI=1S/C31H42N4O2/c1-7-8-17-37-31-14-13-30-21-35(16-15-29(30)18-31)20-28-11-9-27(10-12-28)19-32-23(3)22(2)24(4)33-25(5)34-26(6)36/h9-14,18,32H,3,7-8,15-17,19-21H2,1-2,4-6H3,(H,33,34,36)/b24-22+. The van der Waals surface area contributed by atoms with Crippen LogP contribution in [0.3, 0.4) is 0 Å². The first-order valence-electron chi connectivity index (χ1n) is 13.2. The second-order valence-electron chi connectivity index (χ2n) is 9.83. The van der Waals surface area contributed by atoms with Gasteiger partial charge in [0.1, 0.15) is 11.6 Å². The number of carbonyl (C=O) groups excluding carboxylic acids is 1. The Morgan fingerprint density at radius 3 is 2.49 bits per heavy atom. The summed E-state index contributed by atoms with van der Waals surface area (Å²) in [6, 6.07) is 15.4. The van der Waals surface area contributed by atoms with Crippen molar-refractivity contribution in [3.8, 4) is 5.75 Å². The van der Waals surface area contributed by atoms with Crippen molar-refractivity contribution in [3.05, 3.63) is 88.3 Å². The predicted molar refractivity (Wildman–Crippen MR) is 152 cm³/mol. The quantitative estimate of drug-likeness (QED) is 0.174. The molecule has 37 heavy (non-hydrogen) atoms. The van der Waals surface area contributed by atoms with E-state index in [2.05, 4.69) is 76.5 Å². The topological polar surface area (TPSA) is 66.0 Å². The highest BCUT2D eigenvalue weighted by atomic mass is 16.5. The molecule has 0 aromatic heterocycles. The minimum Gasteiger partial charge on any atom is -0.494 e. The molecule has 1 aliphatic heterocycles. The number of carbonyl (C=O) groups is 1. The third-order valence-corrected chi connectivity index (χ3v) is 6.66. The molecule has 1 heterocycles. The van der Waals surface area contributed by atoms with E-state index in [1.165, 1.54) is 29.2 Å². The summed E-state index contributed by atoms with van der Waals surface area (Å²) >= 11 is 0. The highest BCUT2D eigenvalue weighted by molar-refractivity contribution is 5.96. The largest absolute Gasteiger partial charge is 0.494 e. The predicted octanol–water partition coefficient (Wildman–Crippen LogP) is 5.88. The minimum atomic E-state index is -0.126. The molecular weight excluding hydrogens is 460 g/mol. The third-order valence-electron chi connectivity index (χ3n) is 6.66. The number of unbranched alkanes of at least 4 members (excludes halogenated alkanes) is 1.